The monoisotopic (exact) mass is 477 g/mol. The molecular formula is C26H28ClN5O2. The zero-order valence-electron chi connectivity index (χ0n) is 19.6. The molecule has 1 N–H and O–H groups in total. The van der Waals surface area contributed by atoms with Gasteiger partial charge in [0.2, 0.25) is 0 Å². The number of hydrogen-bond acceptors (Lipinski definition) is 4. The van der Waals surface area contributed by atoms with Gasteiger partial charge in [-0.15, -0.1) is 0 Å². The Morgan fingerprint density at radius 3 is 2.50 bits per heavy atom. The van der Waals surface area contributed by atoms with Gasteiger partial charge in [-0.1, -0.05) is 48.1 Å². The lowest BCUT2D eigenvalue weighted by atomic mass is 9.96. The van der Waals surface area contributed by atoms with Crippen molar-refractivity contribution in [2.45, 2.75) is 45.1 Å². The molecule has 34 heavy (non-hydrogen) atoms. The Morgan fingerprint density at radius 1 is 1.03 bits per heavy atom. The average Bonchev–Trinajstić information content (AvgIpc) is 3.31. The zero-order chi connectivity index (χ0) is 23.7. The van der Waals surface area contributed by atoms with Crippen LogP contribution in [0.4, 0.5) is 5.95 Å². The fraction of sp³-hybridized carbons (Fsp3) is 0.346. The van der Waals surface area contributed by atoms with Gasteiger partial charge in [-0.2, -0.15) is 0 Å². The second-order valence-corrected chi connectivity index (χ2v) is 9.03. The number of aromatic nitrogens is 4. The average molecular weight is 478 g/mol. The van der Waals surface area contributed by atoms with Crippen LogP contribution in [-0.4, -0.2) is 35.4 Å². The molecule has 0 bridgehead atoms. The SMILES string of the molecule is COc1cc2cc(C)[n+](-c3n[nH]c([N-]C4CCCCC4)n3)c(-c3ccccc3Cl)c2cc1OC. The molecule has 0 saturated heterocycles. The van der Waals surface area contributed by atoms with Gasteiger partial charge in [-0.05, 0) is 61.5 Å². The highest BCUT2D eigenvalue weighted by atomic mass is 35.5. The van der Waals surface area contributed by atoms with E-state index in [0.29, 0.717) is 34.5 Å². The van der Waals surface area contributed by atoms with Crippen molar-refractivity contribution < 1.29 is 14.0 Å². The minimum atomic E-state index is 0.303. The molecule has 176 valence electrons. The van der Waals surface area contributed by atoms with E-state index in [1.54, 1.807) is 14.2 Å². The van der Waals surface area contributed by atoms with E-state index in [-0.39, 0.29) is 0 Å². The smallest absolute Gasteiger partial charge is 0.305 e. The molecule has 0 unspecified atom stereocenters. The lowest BCUT2D eigenvalue weighted by Crippen LogP contribution is -2.38. The molecule has 1 fully saturated rings. The molecule has 4 aromatic rings. The van der Waals surface area contributed by atoms with Gasteiger partial charge in [0, 0.05) is 10.9 Å². The van der Waals surface area contributed by atoms with Crippen molar-refractivity contribution in [1.29, 1.82) is 0 Å². The molecule has 1 aliphatic rings. The van der Waals surface area contributed by atoms with Crippen molar-refractivity contribution in [3.8, 4) is 28.7 Å². The number of hydrogen-bond donors (Lipinski definition) is 1. The number of H-pyrrole nitrogens is 1. The van der Waals surface area contributed by atoms with Crippen molar-refractivity contribution in [3.05, 3.63) is 58.5 Å². The first kappa shape index (κ1) is 22.5. The van der Waals surface area contributed by atoms with E-state index in [1.807, 2.05) is 47.9 Å². The largest absolute Gasteiger partial charge is 0.493 e. The van der Waals surface area contributed by atoms with E-state index in [0.717, 1.165) is 40.6 Å². The highest BCUT2D eigenvalue weighted by Gasteiger charge is 2.23. The van der Waals surface area contributed by atoms with E-state index in [1.165, 1.54) is 19.3 Å². The molecule has 5 rings (SSSR count). The third-order valence-electron chi connectivity index (χ3n) is 6.42. The summed E-state index contributed by atoms with van der Waals surface area (Å²) in [6.45, 7) is 2.03. The minimum Gasteiger partial charge on any atom is -0.493 e. The zero-order valence-corrected chi connectivity index (χ0v) is 20.4. The molecule has 2 aromatic carbocycles. The summed E-state index contributed by atoms with van der Waals surface area (Å²) in [6.07, 6.45) is 5.93. The number of methoxy groups -OCH3 is 2. The molecule has 0 radical (unpaired) electrons. The van der Waals surface area contributed by atoms with Crippen LogP contribution in [0.15, 0.2) is 42.5 Å². The Labute approximate surface area is 204 Å². The van der Waals surface area contributed by atoms with E-state index in [9.17, 15) is 0 Å². The predicted molar refractivity (Wildman–Crippen MR) is 134 cm³/mol. The van der Waals surface area contributed by atoms with Crippen LogP contribution in [-0.2, 0) is 0 Å². The van der Waals surface area contributed by atoms with Crippen molar-refractivity contribution in [1.82, 2.24) is 15.2 Å². The molecule has 0 amide bonds. The molecule has 2 aromatic heterocycles. The second kappa shape index (κ2) is 9.50. The first-order valence-electron chi connectivity index (χ1n) is 11.6. The van der Waals surface area contributed by atoms with Gasteiger partial charge < -0.3 is 14.8 Å². The molecule has 8 heteroatoms. The highest BCUT2D eigenvalue weighted by Crippen LogP contribution is 2.38. The lowest BCUT2D eigenvalue weighted by molar-refractivity contribution is -0.597. The van der Waals surface area contributed by atoms with Crippen LogP contribution >= 0.6 is 11.6 Å². The lowest BCUT2D eigenvalue weighted by Gasteiger charge is -2.25. The second-order valence-electron chi connectivity index (χ2n) is 8.62. The number of benzene rings is 2. The predicted octanol–water partition coefficient (Wildman–Crippen LogP) is 6.22. The van der Waals surface area contributed by atoms with Gasteiger partial charge in [-0.25, -0.2) is 4.57 Å². The van der Waals surface area contributed by atoms with Gasteiger partial charge >= 0.3 is 5.95 Å². The van der Waals surface area contributed by atoms with Crippen LogP contribution in [0.5, 0.6) is 11.5 Å². The number of halogens is 1. The van der Waals surface area contributed by atoms with Gasteiger partial charge in [0.1, 0.15) is 5.69 Å². The molecule has 1 aliphatic carbocycles. The van der Waals surface area contributed by atoms with Crippen LogP contribution in [0.3, 0.4) is 0 Å². The third-order valence-corrected chi connectivity index (χ3v) is 6.75. The number of ether oxygens (including phenoxy) is 2. The summed E-state index contributed by atoms with van der Waals surface area (Å²) in [7, 11) is 3.27. The number of aryl methyl sites for hydroxylation is 1. The summed E-state index contributed by atoms with van der Waals surface area (Å²) in [5, 5.41) is 15.0. The van der Waals surface area contributed by atoms with E-state index in [2.05, 4.69) is 16.3 Å². The maximum atomic E-state index is 6.70. The van der Waals surface area contributed by atoms with Crippen LogP contribution in [0.2, 0.25) is 5.02 Å². The normalized spacial score (nSPS) is 14.4. The van der Waals surface area contributed by atoms with Gasteiger partial charge in [-0.3, -0.25) is 10.1 Å². The van der Waals surface area contributed by atoms with Crippen molar-refractivity contribution in [3.63, 3.8) is 0 Å². The van der Waals surface area contributed by atoms with E-state index in [4.69, 9.17) is 31.4 Å². The Kier molecular flexibility index (Phi) is 6.28. The Balaban J connectivity index is 1.71. The van der Waals surface area contributed by atoms with Gasteiger partial charge in [0.15, 0.2) is 11.5 Å². The summed E-state index contributed by atoms with van der Waals surface area (Å²) in [6, 6.07) is 14.1. The Morgan fingerprint density at radius 2 is 1.76 bits per heavy atom. The molecule has 0 spiro atoms. The standard InChI is InChI=1S/C26H28ClN5O2/c1-16-13-17-14-22(33-2)23(34-3)15-20(17)24(19-11-7-8-12-21(19)27)32(16)26-29-25(30-31-26)28-18-9-5-4-6-10-18/h7-8,11-15,18H,4-6,9-10H2,1-3H3,(H-,28,29,30,31). The van der Waals surface area contributed by atoms with Crippen molar-refractivity contribution >= 4 is 28.3 Å². The molecule has 7 nitrogen and oxygen atoms in total. The summed E-state index contributed by atoms with van der Waals surface area (Å²) in [4.78, 5) is 4.76. The van der Waals surface area contributed by atoms with Crippen LogP contribution in [0, 0.1) is 6.92 Å². The van der Waals surface area contributed by atoms with Gasteiger partial charge in [0.05, 0.1) is 30.9 Å². The Bertz CT molecular complexity index is 1330. The summed E-state index contributed by atoms with van der Waals surface area (Å²) < 4.78 is 13.2. The summed E-state index contributed by atoms with van der Waals surface area (Å²) in [5.41, 5.74) is 2.71. The molecule has 0 atom stereocenters. The maximum absolute atomic E-state index is 6.70. The van der Waals surface area contributed by atoms with Crippen molar-refractivity contribution in [2.75, 3.05) is 14.2 Å². The topological polar surface area (TPSA) is 78.0 Å². The van der Waals surface area contributed by atoms with Gasteiger partial charge in [0.25, 0.3) is 0 Å². The van der Waals surface area contributed by atoms with Crippen LogP contribution in [0.1, 0.15) is 37.8 Å². The minimum absolute atomic E-state index is 0.303. The first-order valence-corrected chi connectivity index (χ1v) is 12.0. The number of rotatable bonds is 6. The summed E-state index contributed by atoms with van der Waals surface area (Å²) in [5.74, 6) is 2.40. The van der Waals surface area contributed by atoms with Crippen LogP contribution in [0.25, 0.3) is 33.3 Å². The molecule has 0 aliphatic heterocycles. The molecule has 1 saturated carbocycles. The molecule has 2 heterocycles. The maximum Gasteiger partial charge on any atom is 0.305 e. The quantitative estimate of drug-likeness (QED) is 0.334. The number of aromatic amines is 1. The van der Waals surface area contributed by atoms with E-state index < -0.39 is 0 Å². The molecular weight excluding hydrogens is 450 g/mol. The van der Waals surface area contributed by atoms with E-state index >= 15 is 0 Å². The number of nitrogens with one attached hydrogen (secondary N) is 1. The fourth-order valence-corrected chi connectivity index (χ4v) is 4.99. The highest BCUT2D eigenvalue weighted by molar-refractivity contribution is 6.33. The number of pyridine rings is 1. The number of nitrogens with zero attached hydrogens (tertiary/aromatic N) is 4. The Hall–Kier alpha value is -3.32. The number of fused-ring (bicyclic) bond motifs is 1. The first-order chi connectivity index (χ1) is 16.6. The third kappa shape index (κ3) is 4.16. The van der Waals surface area contributed by atoms with Crippen LogP contribution < -0.4 is 14.0 Å². The van der Waals surface area contributed by atoms with Crippen molar-refractivity contribution in [2.24, 2.45) is 0 Å². The summed E-state index contributed by atoms with van der Waals surface area (Å²) >= 11 is 6.70. The fourth-order valence-electron chi connectivity index (χ4n) is 4.77.